The molecule has 1 amide bonds. The first-order chi connectivity index (χ1) is 13.0. The third kappa shape index (κ3) is 3.17. The van der Waals surface area contributed by atoms with Gasteiger partial charge in [-0.05, 0) is 57.2 Å². The van der Waals surface area contributed by atoms with Gasteiger partial charge in [-0.2, -0.15) is 0 Å². The fraction of sp³-hybridized carbons (Fsp3) is 0.476. The smallest absolute Gasteiger partial charge is 0.258 e. The van der Waals surface area contributed by atoms with E-state index in [1.54, 1.807) is 12.1 Å². The summed E-state index contributed by atoms with van der Waals surface area (Å²) in [5.74, 6) is 0.579. The molecule has 3 heterocycles. The number of aromatic nitrogens is 2. The molecule has 1 aromatic heterocycles. The summed E-state index contributed by atoms with van der Waals surface area (Å²) < 4.78 is 19.2. The van der Waals surface area contributed by atoms with Gasteiger partial charge in [0, 0.05) is 29.9 Å². The molecule has 27 heavy (non-hydrogen) atoms. The second kappa shape index (κ2) is 6.91. The summed E-state index contributed by atoms with van der Waals surface area (Å²) in [4.78, 5) is 24.3. The molecule has 3 atom stereocenters. The Labute approximate surface area is 158 Å². The van der Waals surface area contributed by atoms with Crippen molar-refractivity contribution in [3.05, 3.63) is 52.9 Å². The van der Waals surface area contributed by atoms with Crippen LogP contribution < -0.4 is 4.74 Å². The molecule has 0 saturated carbocycles. The molecule has 4 rings (SSSR count). The predicted molar refractivity (Wildman–Crippen MR) is 99.2 cm³/mol. The van der Waals surface area contributed by atoms with Crippen LogP contribution >= 0.6 is 0 Å². The lowest BCUT2D eigenvalue weighted by Gasteiger charge is -2.25. The van der Waals surface area contributed by atoms with Gasteiger partial charge in [0.2, 0.25) is 0 Å². The van der Waals surface area contributed by atoms with Crippen molar-refractivity contribution in [1.29, 1.82) is 0 Å². The highest BCUT2D eigenvalue weighted by Crippen LogP contribution is 2.44. The number of carbonyl (C=O) groups is 1. The lowest BCUT2D eigenvalue weighted by molar-refractivity contribution is 0.0714. The van der Waals surface area contributed by atoms with Crippen molar-refractivity contribution in [1.82, 2.24) is 14.9 Å². The molecule has 0 N–H and O–H groups in total. The maximum absolute atomic E-state index is 14.0. The molecule has 5 nitrogen and oxygen atoms in total. The Morgan fingerprint density at radius 3 is 2.70 bits per heavy atom. The molecule has 0 aliphatic carbocycles. The van der Waals surface area contributed by atoms with E-state index in [4.69, 9.17) is 4.74 Å². The SMILES string of the molecule is COc1c(F)cccc1C(=O)N1C2CCC1C(Cc1nc(C)cc(C)n1)C2. The maximum Gasteiger partial charge on any atom is 0.258 e. The van der Waals surface area contributed by atoms with E-state index in [0.29, 0.717) is 11.5 Å². The summed E-state index contributed by atoms with van der Waals surface area (Å²) in [5.41, 5.74) is 2.24. The molecule has 2 bridgehead atoms. The molecule has 2 aliphatic rings. The summed E-state index contributed by atoms with van der Waals surface area (Å²) in [6.07, 6.45) is 3.69. The zero-order chi connectivity index (χ0) is 19.1. The zero-order valence-corrected chi connectivity index (χ0v) is 15.9. The van der Waals surface area contributed by atoms with Crippen LogP contribution in [0.4, 0.5) is 4.39 Å². The van der Waals surface area contributed by atoms with Crippen molar-refractivity contribution >= 4 is 5.91 Å². The van der Waals surface area contributed by atoms with Crippen LogP contribution in [0, 0.1) is 25.6 Å². The molecule has 2 aromatic rings. The highest BCUT2D eigenvalue weighted by atomic mass is 19.1. The van der Waals surface area contributed by atoms with Gasteiger partial charge in [0.05, 0.1) is 12.7 Å². The van der Waals surface area contributed by atoms with Gasteiger partial charge in [0.1, 0.15) is 5.82 Å². The predicted octanol–water partition coefficient (Wildman–Crippen LogP) is 3.48. The minimum absolute atomic E-state index is 0.0305. The van der Waals surface area contributed by atoms with Gasteiger partial charge in [-0.15, -0.1) is 0 Å². The van der Waals surface area contributed by atoms with Gasteiger partial charge < -0.3 is 9.64 Å². The van der Waals surface area contributed by atoms with Crippen molar-refractivity contribution in [2.45, 2.75) is 51.6 Å². The lowest BCUT2D eigenvalue weighted by atomic mass is 9.86. The van der Waals surface area contributed by atoms with Crippen LogP contribution in [0.25, 0.3) is 0 Å². The van der Waals surface area contributed by atoms with Crippen LogP contribution in [-0.2, 0) is 6.42 Å². The lowest BCUT2D eigenvalue weighted by Crippen LogP contribution is -2.37. The number of nitrogens with zero attached hydrogens (tertiary/aromatic N) is 3. The number of carbonyl (C=O) groups excluding carboxylic acids is 1. The standard InChI is InChI=1S/C21H24FN3O2/c1-12-9-13(2)24-19(23-12)11-14-10-15-7-8-18(14)25(15)21(26)16-5-4-6-17(22)20(16)27-3/h4-6,9,14-15,18H,7-8,10-11H2,1-3H3. The van der Waals surface area contributed by atoms with Gasteiger partial charge in [-0.1, -0.05) is 6.07 Å². The maximum atomic E-state index is 14.0. The topological polar surface area (TPSA) is 55.3 Å². The summed E-state index contributed by atoms with van der Waals surface area (Å²) in [6.45, 7) is 3.95. The van der Waals surface area contributed by atoms with E-state index in [0.717, 1.165) is 42.9 Å². The normalized spacial score (nSPS) is 23.7. The largest absolute Gasteiger partial charge is 0.493 e. The highest BCUT2D eigenvalue weighted by Gasteiger charge is 2.49. The van der Waals surface area contributed by atoms with E-state index in [9.17, 15) is 9.18 Å². The minimum Gasteiger partial charge on any atom is -0.493 e. The van der Waals surface area contributed by atoms with Crippen molar-refractivity contribution in [2.24, 2.45) is 5.92 Å². The minimum atomic E-state index is -0.505. The van der Waals surface area contributed by atoms with Crippen LogP contribution in [-0.4, -0.2) is 40.0 Å². The van der Waals surface area contributed by atoms with Gasteiger partial charge in [-0.25, -0.2) is 14.4 Å². The van der Waals surface area contributed by atoms with Crippen molar-refractivity contribution < 1.29 is 13.9 Å². The molecule has 142 valence electrons. The number of methoxy groups -OCH3 is 1. The third-order valence-electron chi connectivity index (χ3n) is 5.77. The van der Waals surface area contributed by atoms with Crippen molar-refractivity contribution in [3.63, 3.8) is 0 Å². The third-order valence-corrected chi connectivity index (χ3v) is 5.77. The first kappa shape index (κ1) is 17.9. The van der Waals surface area contributed by atoms with Gasteiger partial charge >= 0.3 is 0 Å². The van der Waals surface area contributed by atoms with E-state index < -0.39 is 5.82 Å². The number of halogens is 1. The number of aryl methyl sites for hydroxylation is 2. The molecule has 0 spiro atoms. The number of hydrogen-bond donors (Lipinski definition) is 0. The van der Waals surface area contributed by atoms with E-state index in [1.807, 2.05) is 24.8 Å². The monoisotopic (exact) mass is 369 g/mol. The van der Waals surface area contributed by atoms with E-state index in [2.05, 4.69) is 9.97 Å². The fourth-order valence-electron chi connectivity index (χ4n) is 4.80. The van der Waals surface area contributed by atoms with E-state index in [-0.39, 0.29) is 23.7 Å². The van der Waals surface area contributed by atoms with Crippen molar-refractivity contribution in [3.8, 4) is 5.75 Å². The van der Waals surface area contributed by atoms with Crippen molar-refractivity contribution in [2.75, 3.05) is 7.11 Å². The quantitative estimate of drug-likeness (QED) is 0.828. The second-order valence-corrected chi connectivity index (χ2v) is 7.60. The van der Waals surface area contributed by atoms with Gasteiger partial charge in [0.25, 0.3) is 5.91 Å². The Morgan fingerprint density at radius 2 is 2.00 bits per heavy atom. The molecule has 3 unspecified atom stereocenters. The van der Waals surface area contributed by atoms with E-state index >= 15 is 0 Å². The van der Waals surface area contributed by atoms with Crippen LogP contribution in [0.5, 0.6) is 5.75 Å². The molecule has 2 saturated heterocycles. The average molecular weight is 369 g/mol. The number of hydrogen-bond acceptors (Lipinski definition) is 4. The Hall–Kier alpha value is -2.50. The first-order valence-corrected chi connectivity index (χ1v) is 9.44. The summed E-state index contributed by atoms with van der Waals surface area (Å²) in [6, 6.07) is 6.84. The number of rotatable bonds is 4. The molecule has 1 aromatic carbocycles. The van der Waals surface area contributed by atoms with Crippen LogP contribution in [0.15, 0.2) is 24.3 Å². The van der Waals surface area contributed by atoms with Crippen LogP contribution in [0.3, 0.4) is 0 Å². The Bertz CT molecular complexity index is 865. The summed E-state index contributed by atoms with van der Waals surface area (Å²) in [7, 11) is 1.40. The molecule has 6 heteroatoms. The molecule has 0 radical (unpaired) electrons. The molecular formula is C21H24FN3O2. The van der Waals surface area contributed by atoms with Crippen LogP contribution in [0.2, 0.25) is 0 Å². The van der Waals surface area contributed by atoms with Gasteiger partial charge in [0.15, 0.2) is 11.6 Å². The first-order valence-electron chi connectivity index (χ1n) is 9.44. The van der Waals surface area contributed by atoms with Gasteiger partial charge in [-0.3, -0.25) is 4.79 Å². The average Bonchev–Trinajstić information content (AvgIpc) is 3.17. The summed E-state index contributed by atoms with van der Waals surface area (Å²) in [5, 5.41) is 0. The number of para-hydroxylation sites is 1. The number of amides is 1. The molecular weight excluding hydrogens is 345 g/mol. The Balaban J connectivity index is 1.57. The molecule has 2 aliphatic heterocycles. The Kier molecular flexibility index (Phi) is 4.58. The number of ether oxygens (including phenoxy) is 1. The Morgan fingerprint density at radius 1 is 1.26 bits per heavy atom. The zero-order valence-electron chi connectivity index (χ0n) is 15.9. The second-order valence-electron chi connectivity index (χ2n) is 7.60. The number of fused-ring (bicyclic) bond motifs is 2. The number of benzene rings is 1. The van der Waals surface area contributed by atoms with E-state index in [1.165, 1.54) is 13.2 Å². The van der Waals surface area contributed by atoms with Crippen LogP contribution in [0.1, 0.15) is 46.8 Å². The highest BCUT2D eigenvalue weighted by molar-refractivity contribution is 5.97. The summed E-state index contributed by atoms with van der Waals surface area (Å²) >= 11 is 0. The fourth-order valence-corrected chi connectivity index (χ4v) is 4.80. The molecule has 2 fully saturated rings.